The number of halogens is 2. The molecule has 0 radical (unpaired) electrons. The Morgan fingerprint density at radius 2 is 1.53 bits per heavy atom. The highest BCUT2D eigenvalue weighted by Crippen LogP contribution is 2.29. The first-order valence-corrected chi connectivity index (χ1v) is 15.8. The van der Waals surface area contributed by atoms with E-state index < -0.39 is 23.6 Å². The van der Waals surface area contributed by atoms with E-state index in [0.717, 1.165) is 28.3 Å². The number of methoxy groups -OCH3 is 1. The van der Waals surface area contributed by atoms with E-state index in [1.807, 2.05) is 66.6 Å². The van der Waals surface area contributed by atoms with E-state index in [4.69, 9.17) is 4.74 Å². The quantitative estimate of drug-likeness (QED) is 0.160. The van der Waals surface area contributed by atoms with Crippen molar-refractivity contribution in [2.45, 2.75) is 39.0 Å². The Kier molecular flexibility index (Phi) is 11.9. The largest absolute Gasteiger partial charge is 0.467 e. The minimum absolute atomic E-state index is 0.257. The fourth-order valence-corrected chi connectivity index (χ4v) is 5.65. The molecular weight excluding hydrogens is 592 g/mol. The first kappa shape index (κ1) is 33.4. The second-order valence-corrected chi connectivity index (χ2v) is 11.7. The van der Waals surface area contributed by atoms with E-state index in [-0.39, 0.29) is 12.5 Å². The van der Waals surface area contributed by atoms with Crippen molar-refractivity contribution >= 4 is 23.6 Å². The molecule has 4 aromatic rings. The zero-order chi connectivity index (χ0) is 32.3. The molecule has 1 unspecified atom stereocenters. The van der Waals surface area contributed by atoms with Gasteiger partial charge in [0.2, 0.25) is 0 Å². The molecule has 4 rings (SSSR count). The summed E-state index contributed by atoms with van der Waals surface area (Å²) in [6, 6.07) is 25.3. The lowest BCUT2D eigenvalue weighted by molar-refractivity contribution is -0.142. The van der Waals surface area contributed by atoms with Gasteiger partial charge in [-0.25, -0.2) is 13.6 Å². The third-order valence-corrected chi connectivity index (χ3v) is 8.03. The molecule has 0 bridgehead atoms. The van der Waals surface area contributed by atoms with Crippen LogP contribution in [0.5, 0.6) is 0 Å². The lowest BCUT2D eigenvalue weighted by Gasteiger charge is -2.24. The number of rotatable bonds is 13. The normalized spacial score (nSPS) is 11.6. The van der Waals surface area contributed by atoms with Crippen molar-refractivity contribution in [3.8, 4) is 17.2 Å². The molecule has 0 aromatic heterocycles. The summed E-state index contributed by atoms with van der Waals surface area (Å²) < 4.78 is 33.1. The zero-order valence-corrected chi connectivity index (χ0v) is 26.3. The number of hydrogen-bond donors (Lipinski definition) is 1. The summed E-state index contributed by atoms with van der Waals surface area (Å²) >= 11 is 1.57. The summed E-state index contributed by atoms with van der Waals surface area (Å²) in [6.45, 7) is 3.07. The monoisotopic (exact) mass is 627 g/mol. The van der Waals surface area contributed by atoms with Gasteiger partial charge in [0.1, 0.15) is 17.7 Å². The molecular formula is C36H35F2N3O3S. The summed E-state index contributed by atoms with van der Waals surface area (Å²) in [5.41, 5.74) is 5.79. The Bertz CT molecular complexity index is 1670. The molecule has 1 amide bonds. The molecule has 0 aliphatic carbocycles. The van der Waals surface area contributed by atoms with E-state index >= 15 is 0 Å². The molecule has 9 heteroatoms. The topological polar surface area (TPSA) is 82.4 Å². The average Bonchev–Trinajstić information content (AvgIpc) is 3.02. The highest BCUT2D eigenvalue weighted by molar-refractivity contribution is 7.98. The van der Waals surface area contributed by atoms with Gasteiger partial charge in [-0.3, -0.25) is 9.69 Å². The number of carbonyl (C=O) groups is 2. The molecule has 1 N–H and O–H groups in total. The molecule has 0 heterocycles. The van der Waals surface area contributed by atoms with Crippen molar-refractivity contribution in [3.63, 3.8) is 0 Å². The van der Waals surface area contributed by atoms with E-state index in [2.05, 4.69) is 11.4 Å². The van der Waals surface area contributed by atoms with Gasteiger partial charge in [-0.05, 0) is 95.1 Å². The zero-order valence-electron chi connectivity index (χ0n) is 25.5. The predicted octanol–water partition coefficient (Wildman–Crippen LogP) is 7.04. The van der Waals surface area contributed by atoms with Crippen molar-refractivity contribution in [3.05, 3.63) is 130 Å². The molecule has 0 saturated carbocycles. The number of nitriles is 1. The van der Waals surface area contributed by atoms with Gasteiger partial charge in [-0.1, -0.05) is 42.5 Å². The van der Waals surface area contributed by atoms with Crippen LogP contribution in [0.2, 0.25) is 0 Å². The fraction of sp³-hybridized carbons (Fsp3) is 0.250. The maximum atomic E-state index is 14.1. The summed E-state index contributed by atoms with van der Waals surface area (Å²) in [5.74, 6) is -1.51. The van der Waals surface area contributed by atoms with Crippen LogP contribution in [0.25, 0.3) is 11.1 Å². The van der Waals surface area contributed by atoms with Gasteiger partial charge in [0.25, 0.3) is 5.91 Å². The van der Waals surface area contributed by atoms with Crippen molar-refractivity contribution in [2.24, 2.45) is 0 Å². The van der Waals surface area contributed by atoms with E-state index in [1.165, 1.54) is 19.2 Å². The number of aryl methyl sites for hydroxylation is 1. The number of nitrogens with one attached hydrogen (secondary N) is 1. The van der Waals surface area contributed by atoms with Crippen LogP contribution in [0.4, 0.5) is 8.78 Å². The Labute approximate surface area is 267 Å². The van der Waals surface area contributed by atoms with E-state index in [9.17, 15) is 23.6 Å². The number of esters is 1. The molecule has 0 spiro atoms. The van der Waals surface area contributed by atoms with Crippen LogP contribution < -0.4 is 5.32 Å². The van der Waals surface area contributed by atoms with Crippen LogP contribution in [0, 0.1) is 29.9 Å². The highest BCUT2D eigenvalue weighted by atomic mass is 32.2. The van der Waals surface area contributed by atoms with Crippen LogP contribution in [0.1, 0.15) is 44.6 Å². The highest BCUT2D eigenvalue weighted by Gasteiger charge is 2.24. The van der Waals surface area contributed by atoms with Gasteiger partial charge < -0.3 is 10.1 Å². The molecule has 232 valence electrons. The van der Waals surface area contributed by atoms with Crippen LogP contribution in [0.3, 0.4) is 0 Å². The first-order valence-electron chi connectivity index (χ1n) is 14.4. The van der Waals surface area contributed by atoms with Crippen LogP contribution in [-0.4, -0.2) is 41.9 Å². The number of benzene rings is 4. The molecule has 45 heavy (non-hydrogen) atoms. The van der Waals surface area contributed by atoms with Crippen LogP contribution in [-0.2, 0) is 29.2 Å². The third kappa shape index (κ3) is 9.24. The van der Waals surface area contributed by atoms with Gasteiger partial charge >= 0.3 is 5.97 Å². The first-order chi connectivity index (χ1) is 21.7. The van der Waals surface area contributed by atoms with Gasteiger partial charge in [-0.2, -0.15) is 17.0 Å². The maximum Gasteiger partial charge on any atom is 0.328 e. The molecule has 0 aliphatic heterocycles. The van der Waals surface area contributed by atoms with Gasteiger partial charge in [-0.15, -0.1) is 0 Å². The number of hydrogen-bond acceptors (Lipinski definition) is 6. The molecule has 0 aliphatic rings. The summed E-state index contributed by atoms with van der Waals surface area (Å²) in [7, 11) is 1.30. The number of nitrogens with zero attached hydrogens (tertiary/aromatic N) is 2. The molecule has 0 fully saturated rings. The van der Waals surface area contributed by atoms with Crippen molar-refractivity contribution in [1.29, 1.82) is 5.26 Å². The van der Waals surface area contributed by atoms with Crippen molar-refractivity contribution < 1.29 is 23.1 Å². The van der Waals surface area contributed by atoms with Crippen molar-refractivity contribution in [2.75, 3.05) is 19.1 Å². The Hall–Kier alpha value is -4.52. The lowest BCUT2D eigenvalue weighted by Crippen LogP contribution is -2.42. The minimum Gasteiger partial charge on any atom is -0.467 e. The SMILES string of the molecule is COC(=O)C(CCSC)NC(=O)c1ccc(CN(Cc2ccc(C#N)cc2)Cc2cc(F)cc(F)c2)cc1-c1ccccc1C. The number of ether oxygens (including phenoxy) is 1. The smallest absolute Gasteiger partial charge is 0.328 e. The lowest BCUT2D eigenvalue weighted by atomic mass is 9.93. The van der Waals surface area contributed by atoms with E-state index in [0.29, 0.717) is 47.5 Å². The molecule has 6 nitrogen and oxygen atoms in total. The van der Waals surface area contributed by atoms with Crippen molar-refractivity contribution in [1.82, 2.24) is 10.2 Å². The Morgan fingerprint density at radius 1 is 0.889 bits per heavy atom. The maximum absolute atomic E-state index is 14.1. The predicted molar refractivity (Wildman–Crippen MR) is 173 cm³/mol. The summed E-state index contributed by atoms with van der Waals surface area (Å²) in [4.78, 5) is 28.1. The third-order valence-electron chi connectivity index (χ3n) is 7.39. The molecule has 4 aromatic carbocycles. The van der Waals surface area contributed by atoms with E-state index in [1.54, 1.807) is 30.0 Å². The number of amides is 1. The number of carbonyl (C=O) groups excluding carboxylic acids is 2. The van der Waals surface area contributed by atoms with Crippen LogP contribution >= 0.6 is 11.8 Å². The molecule has 0 saturated heterocycles. The van der Waals surface area contributed by atoms with Gasteiger partial charge in [0.05, 0.1) is 18.7 Å². The Morgan fingerprint density at radius 3 is 2.18 bits per heavy atom. The van der Waals surface area contributed by atoms with Crippen LogP contribution in [0.15, 0.2) is 84.9 Å². The fourth-order valence-electron chi connectivity index (χ4n) is 5.18. The Balaban J connectivity index is 1.70. The summed E-state index contributed by atoms with van der Waals surface area (Å²) in [5, 5.41) is 12.1. The second kappa shape index (κ2) is 16.0. The average molecular weight is 628 g/mol. The standard InChI is InChI=1S/C36H35F2N3O3S/c1-24-6-4-5-7-31(24)33-18-27(12-13-32(33)35(42)40-34(14-15-45-3)36(43)44-2)22-41(21-26-10-8-25(20-39)9-11-26)23-28-16-29(37)19-30(38)17-28/h4-13,16-19,34H,14-15,21-23H2,1-3H3,(H,40,42). The molecule has 1 atom stereocenters. The van der Waals surface area contributed by atoms with Gasteiger partial charge in [0.15, 0.2) is 0 Å². The summed E-state index contributed by atoms with van der Waals surface area (Å²) in [6.07, 6.45) is 2.36. The second-order valence-electron chi connectivity index (χ2n) is 10.8. The number of thioether (sulfide) groups is 1. The minimum atomic E-state index is -0.783. The van der Waals surface area contributed by atoms with Gasteiger partial charge in [0, 0.05) is 31.3 Å².